The number of benzene rings is 1. The van der Waals surface area contributed by atoms with Gasteiger partial charge >= 0.3 is 24.0 Å². The molecule has 1 fully saturated rings. The minimum absolute atomic E-state index is 0.0678. The smallest absolute Gasteiger partial charge is 0.393 e. The normalized spacial score (nSPS) is 18.5. The molecule has 1 aromatic carbocycles. The first-order chi connectivity index (χ1) is 16.7. The van der Waals surface area contributed by atoms with E-state index in [4.69, 9.17) is 4.74 Å². The van der Waals surface area contributed by atoms with Crippen molar-refractivity contribution in [1.29, 1.82) is 0 Å². The predicted octanol–water partition coefficient (Wildman–Crippen LogP) is 4.75. The highest BCUT2D eigenvalue weighted by atomic mass is 19.4. The molecule has 194 valence electrons. The maximum Gasteiger partial charge on any atom is 0.393 e. The number of ether oxygens (including phenoxy) is 1. The van der Waals surface area contributed by atoms with Gasteiger partial charge in [-0.05, 0) is 57.7 Å². The van der Waals surface area contributed by atoms with Crippen LogP contribution < -0.4 is 5.32 Å². The molecule has 2 heterocycles. The van der Waals surface area contributed by atoms with Gasteiger partial charge in [0.25, 0.3) is 0 Å². The summed E-state index contributed by atoms with van der Waals surface area (Å²) in [6.45, 7) is 6.35. The lowest BCUT2D eigenvalue weighted by Crippen LogP contribution is -2.49. The lowest BCUT2D eigenvalue weighted by molar-refractivity contribution is -0.192. The van der Waals surface area contributed by atoms with E-state index in [2.05, 4.69) is 10.3 Å². The van der Waals surface area contributed by atoms with Gasteiger partial charge in [-0.3, -0.25) is 19.4 Å². The number of alkyl halides is 3. The number of nitrogens with one attached hydrogen (secondary N) is 1. The van der Waals surface area contributed by atoms with Crippen LogP contribution in [0.2, 0.25) is 0 Å². The van der Waals surface area contributed by atoms with Crippen LogP contribution in [0.3, 0.4) is 0 Å². The summed E-state index contributed by atoms with van der Waals surface area (Å²) in [4.78, 5) is 43.1. The fraction of sp³-hybridized carbons (Fsp3) is 0.462. The SMILES string of the molecule is Cc1cc(NC(=O)C(=O)N2C[C@@H](C(F)(F)F)CC[C@@H]2c2ccccc2)cnc1CC(=O)OC(C)(C)C. The molecule has 1 aliphatic rings. The summed E-state index contributed by atoms with van der Waals surface area (Å²) in [5, 5.41) is 2.43. The van der Waals surface area contributed by atoms with Crippen molar-refractivity contribution >= 4 is 23.5 Å². The van der Waals surface area contributed by atoms with E-state index in [-0.39, 0.29) is 24.9 Å². The highest BCUT2D eigenvalue weighted by molar-refractivity contribution is 6.39. The molecule has 2 atom stereocenters. The monoisotopic (exact) mass is 505 g/mol. The first-order valence-electron chi connectivity index (χ1n) is 11.7. The van der Waals surface area contributed by atoms with E-state index >= 15 is 0 Å². The average Bonchev–Trinajstić information content (AvgIpc) is 2.78. The number of piperidine rings is 1. The van der Waals surface area contributed by atoms with Crippen LogP contribution in [0.15, 0.2) is 42.6 Å². The largest absolute Gasteiger partial charge is 0.460 e. The van der Waals surface area contributed by atoms with E-state index in [1.54, 1.807) is 64.1 Å². The van der Waals surface area contributed by atoms with Crippen LogP contribution in [-0.4, -0.2) is 46.0 Å². The van der Waals surface area contributed by atoms with E-state index in [0.717, 1.165) is 4.90 Å². The summed E-state index contributed by atoms with van der Waals surface area (Å²) in [5.41, 5.74) is 1.25. The zero-order chi connectivity index (χ0) is 26.7. The van der Waals surface area contributed by atoms with Crippen molar-refractivity contribution in [3.8, 4) is 0 Å². The Kier molecular flexibility index (Phi) is 8.05. The number of aryl methyl sites for hydroxylation is 1. The molecule has 1 aliphatic heterocycles. The van der Waals surface area contributed by atoms with Crippen LogP contribution in [0.25, 0.3) is 0 Å². The Labute approximate surface area is 208 Å². The molecule has 1 aromatic heterocycles. The number of pyridine rings is 1. The third-order valence-corrected chi connectivity index (χ3v) is 5.86. The Hall–Kier alpha value is -3.43. The third-order valence-electron chi connectivity index (χ3n) is 5.86. The number of likely N-dealkylation sites (tertiary alicyclic amines) is 1. The molecule has 0 spiro atoms. The van der Waals surface area contributed by atoms with Gasteiger partial charge in [0.2, 0.25) is 0 Å². The Bertz CT molecular complexity index is 1110. The number of carbonyl (C=O) groups is 3. The second-order valence-corrected chi connectivity index (χ2v) is 9.90. The van der Waals surface area contributed by atoms with Gasteiger partial charge in [-0.1, -0.05) is 30.3 Å². The topological polar surface area (TPSA) is 88.6 Å². The number of aromatic nitrogens is 1. The molecular weight excluding hydrogens is 475 g/mol. The van der Waals surface area contributed by atoms with Crippen LogP contribution in [0, 0.1) is 12.8 Å². The zero-order valence-corrected chi connectivity index (χ0v) is 20.7. The number of carbonyl (C=O) groups excluding carboxylic acids is 3. The lowest BCUT2D eigenvalue weighted by Gasteiger charge is -2.40. The van der Waals surface area contributed by atoms with Gasteiger partial charge in [0.05, 0.1) is 36.0 Å². The van der Waals surface area contributed by atoms with Crippen molar-refractivity contribution in [3.05, 3.63) is 59.4 Å². The molecule has 10 heteroatoms. The number of hydrogen-bond donors (Lipinski definition) is 1. The minimum atomic E-state index is -4.47. The molecule has 3 rings (SSSR count). The number of halogens is 3. The molecule has 1 saturated heterocycles. The summed E-state index contributed by atoms with van der Waals surface area (Å²) >= 11 is 0. The molecule has 2 aromatic rings. The quantitative estimate of drug-likeness (QED) is 0.478. The van der Waals surface area contributed by atoms with Crippen LogP contribution in [0.5, 0.6) is 0 Å². The Balaban J connectivity index is 1.74. The number of rotatable bonds is 4. The molecular formula is C26H30F3N3O4. The van der Waals surface area contributed by atoms with Crippen LogP contribution in [0.1, 0.15) is 56.5 Å². The van der Waals surface area contributed by atoms with Crippen molar-refractivity contribution in [2.45, 2.75) is 64.8 Å². The molecule has 0 radical (unpaired) electrons. The summed E-state index contributed by atoms with van der Waals surface area (Å²) in [6.07, 6.45) is -3.28. The first kappa shape index (κ1) is 27.2. The van der Waals surface area contributed by atoms with Crippen LogP contribution in [-0.2, 0) is 25.5 Å². The average molecular weight is 506 g/mol. The fourth-order valence-corrected chi connectivity index (χ4v) is 4.17. The highest BCUT2D eigenvalue weighted by Crippen LogP contribution is 2.40. The molecule has 36 heavy (non-hydrogen) atoms. The summed E-state index contributed by atoms with van der Waals surface area (Å²) in [7, 11) is 0. The van der Waals surface area contributed by atoms with E-state index in [9.17, 15) is 27.6 Å². The number of nitrogens with zero attached hydrogens (tertiary/aromatic N) is 2. The van der Waals surface area contributed by atoms with Crippen molar-refractivity contribution in [2.24, 2.45) is 5.92 Å². The Morgan fingerprint density at radius 2 is 1.78 bits per heavy atom. The van der Waals surface area contributed by atoms with Gasteiger partial charge < -0.3 is 15.0 Å². The van der Waals surface area contributed by atoms with Gasteiger partial charge in [-0.15, -0.1) is 0 Å². The zero-order valence-electron chi connectivity index (χ0n) is 20.7. The summed E-state index contributed by atoms with van der Waals surface area (Å²) < 4.78 is 45.6. The van der Waals surface area contributed by atoms with Gasteiger partial charge in [0.1, 0.15) is 5.60 Å². The second kappa shape index (κ2) is 10.7. The van der Waals surface area contributed by atoms with Crippen molar-refractivity contribution in [3.63, 3.8) is 0 Å². The van der Waals surface area contributed by atoms with Gasteiger partial charge in [0.15, 0.2) is 0 Å². The summed E-state index contributed by atoms with van der Waals surface area (Å²) in [6, 6.07) is 9.61. The van der Waals surface area contributed by atoms with Gasteiger partial charge in [0, 0.05) is 6.54 Å². The number of amides is 2. The summed E-state index contributed by atoms with van der Waals surface area (Å²) in [5.74, 6) is -4.26. The molecule has 0 aliphatic carbocycles. The molecule has 0 saturated carbocycles. The molecule has 7 nitrogen and oxygen atoms in total. The van der Waals surface area contributed by atoms with Gasteiger partial charge in [-0.2, -0.15) is 13.2 Å². The maximum absolute atomic E-state index is 13.4. The molecule has 0 unspecified atom stereocenters. The van der Waals surface area contributed by atoms with Crippen molar-refractivity contribution in [1.82, 2.24) is 9.88 Å². The maximum atomic E-state index is 13.4. The van der Waals surface area contributed by atoms with Gasteiger partial charge in [-0.25, -0.2) is 0 Å². The highest BCUT2D eigenvalue weighted by Gasteiger charge is 2.46. The predicted molar refractivity (Wildman–Crippen MR) is 127 cm³/mol. The number of hydrogen-bond acceptors (Lipinski definition) is 5. The number of anilines is 1. The van der Waals surface area contributed by atoms with Crippen molar-refractivity contribution < 1.29 is 32.3 Å². The van der Waals surface area contributed by atoms with E-state index < -0.39 is 48.1 Å². The lowest BCUT2D eigenvalue weighted by atomic mass is 9.88. The standard InChI is InChI=1S/C26H30F3N3O4/c1-16-12-19(14-30-20(16)13-22(33)36-25(2,3)4)31-23(34)24(35)32-15-18(26(27,28)29)10-11-21(32)17-8-6-5-7-9-17/h5-9,12,14,18,21H,10-11,13,15H2,1-4H3,(H,31,34)/t18-,21+/m0/s1. The second-order valence-electron chi connectivity index (χ2n) is 9.90. The molecule has 1 N–H and O–H groups in total. The number of esters is 1. The minimum Gasteiger partial charge on any atom is -0.460 e. The van der Waals surface area contributed by atoms with E-state index in [0.29, 0.717) is 16.8 Å². The molecule has 2 amide bonds. The Morgan fingerprint density at radius 1 is 1.11 bits per heavy atom. The van der Waals surface area contributed by atoms with Crippen LogP contribution >= 0.6 is 0 Å². The Morgan fingerprint density at radius 3 is 2.36 bits per heavy atom. The van der Waals surface area contributed by atoms with E-state index in [1.165, 1.54) is 6.20 Å². The van der Waals surface area contributed by atoms with Crippen LogP contribution in [0.4, 0.5) is 18.9 Å². The van der Waals surface area contributed by atoms with Crippen molar-refractivity contribution in [2.75, 3.05) is 11.9 Å². The first-order valence-corrected chi connectivity index (χ1v) is 11.7. The molecule has 0 bridgehead atoms. The van der Waals surface area contributed by atoms with E-state index in [1.807, 2.05) is 0 Å². The third kappa shape index (κ3) is 7.05. The fourth-order valence-electron chi connectivity index (χ4n) is 4.17.